The lowest BCUT2D eigenvalue weighted by atomic mass is 9.76. The maximum absolute atomic E-state index is 12.8. The van der Waals surface area contributed by atoms with E-state index >= 15 is 0 Å². The summed E-state index contributed by atoms with van der Waals surface area (Å²) in [6.07, 6.45) is 6.40. The molecule has 0 radical (unpaired) electrons. The summed E-state index contributed by atoms with van der Waals surface area (Å²) < 4.78 is 1.95. The van der Waals surface area contributed by atoms with Crippen LogP contribution < -0.4 is 5.32 Å². The van der Waals surface area contributed by atoms with E-state index in [1.807, 2.05) is 24.0 Å². The fourth-order valence-electron chi connectivity index (χ4n) is 4.65. The number of likely N-dealkylation sites (tertiary alicyclic amines) is 1. The zero-order chi connectivity index (χ0) is 17.3. The van der Waals surface area contributed by atoms with Gasteiger partial charge in [0.05, 0.1) is 12.2 Å². The van der Waals surface area contributed by atoms with Gasteiger partial charge in [0.15, 0.2) is 0 Å². The normalized spacial score (nSPS) is 26.5. The van der Waals surface area contributed by atoms with Crippen LogP contribution in [0.15, 0.2) is 29.8 Å². The van der Waals surface area contributed by atoms with Gasteiger partial charge in [-0.25, -0.2) is 0 Å². The van der Waals surface area contributed by atoms with Crippen LogP contribution in [0.25, 0.3) is 0 Å². The zero-order valence-corrected chi connectivity index (χ0v) is 15.6. The summed E-state index contributed by atoms with van der Waals surface area (Å²) in [5, 5.41) is 9.51. The Labute approximate surface area is 153 Å². The average molecular weight is 359 g/mol. The standard InChI is InChI=1S/C19H26N4OS/c1-22-15(6-9-21-22)13-23-10-8-19(14-23)7-2-5-17(19)18(24)20-12-16-4-3-11-25-16/h3-4,6,9,11,17H,2,5,7-8,10,12-14H2,1H3,(H,20,24)/t17-,19-/m0/s1. The van der Waals surface area contributed by atoms with E-state index in [1.165, 1.54) is 23.4 Å². The minimum absolute atomic E-state index is 0.170. The molecule has 0 bridgehead atoms. The van der Waals surface area contributed by atoms with Gasteiger partial charge in [-0.3, -0.25) is 14.4 Å². The molecule has 2 aromatic rings. The third-order valence-electron chi connectivity index (χ3n) is 6.01. The highest BCUT2D eigenvalue weighted by Gasteiger charge is 2.50. The first-order chi connectivity index (χ1) is 12.2. The number of hydrogen-bond donors (Lipinski definition) is 1. The largest absolute Gasteiger partial charge is 0.351 e. The predicted octanol–water partition coefficient (Wildman–Crippen LogP) is 2.79. The van der Waals surface area contributed by atoms with Gasteiger partial charge in [-0.15, -0.1) is 11.3 Å². The fourth-order valence-corrected chi connectivity index (χ4v) is 5.30. The average Bonchev–Trinajstić information content (AvgIpc) is 3.38. The van der Waals surface area contributed by atoms with Gasteiger partial charge in [0.1, 0.15) is 0 Å². The number of hydrogen-bond acceptors (Lipinski definition) is 4. The van der Waals surface area contributed by atoms with Crippen LogP contribution >= 0.6 is 11.3 Å². The molecule has 1 aliphatic heterocycles. The smallest absolute Gasteiger partial charge is 0.224 e. The van der Waals surface area contributed by atoms with Crippen molar-refractivity contribution in [1.29, 1.82) is 0 Å². The van der Waals surface area contributed by atoms with Crippen molar-refractivity contribution >= 4 is 17.2 Å². The molecular weight excluding hydrogens is 332 g/mol. The molecule has 2 fully saturated rings. The summed E-state index contributed by atoms with van der Waals surface area (Å²) in [6, 6.07) is 6.21. The summed E-state index contributed by atoms with van der Waals surface area (Å²) in [6.45, 7) is 3.72. The number of carbonyl (C=O) groups is 1. The molecule has 1 aliphatic carbocycles. The Bertz CT molecular complexity index is 726. The number of aryl methyl sites for hydroxylation is 1. The Hall–Kier alpha value is -1.66. The van der Waals surface area contributed by atoms with E-state index in [1.54, 1.807) is 11.3 Å². The van der Waals surface area contributed by atoms with Crippen LogP contribution in [-0.2, 0) is 24.9 Å². The first-order valence-electron chi connectivity index (χ1n) is 9.16. The molecular formula is C19H26N4OS. The van der Waals surface area contributed by atoms with E-state index in [0.29, 0.717) is 6.54 Å². The molecule has 25 heavy (non-hydrogen) atoms. The highest BCUT2D eigenvalue weighted by molar-refractivity contribution is 7.09. The molecule has 2 aliphatic rings. The second-order valence-corrected chi connectivity index (χ2v) is 8.54. The number of amides is 1. The molecule has 1 amide bonds. The lowest BCUT2D eigenvalue weighted by molar-refractivity contribution is -0.128. The molecule has 4 rings (SSSR count). The summed E-state index contributed by atoms with van der Waals surface area (Å²) in [4.78, 5) is 16.6. The van der Waals surface area contributed by atoms with Gasteiger partial charge in [-0.05, 0) is 48.7 Å². The molecule has 5 nitrogen and oxygen atoms in total. The van der Waals surface area contributed by atoms with Crippen molar-refractivity contribution in [2.24, 2.45) is 18.4 Å². The number of nitrogens with zero attached hydrogens (tertiary/aromatic N) is 3. The first kappa shape index (κ1) is 16.8. The van der Waals surface area contributed by atoms with Crippen LogP contribution in [0.3, 0.4) is 0 Å². The Morgan fingerprint density at radius 3 is 3.12 bits per heavy atom. The molecule has 0 aromatic carbocycles. The minimum atomic E-state index is 0.170. The van der Waals surface area contributed by atoms with Crippen LogP contribution in [0.2, 0.25) is 0 Å². The summed E-state index contributed by atoms with van der Waals surface area (Å²) >= 11 is 1.70. The minimum Gasteiger partial charge on any atom is -0.351 e. The summed E-state index contributed by atoms with van der Waals surface area (Å²) in [5.41, 5.74) is 1.42. The molecule has 2 aromatic heterocycles. The Balaban J connectivity index is 1.38. The number of nitrogens with one attached hydrogen (secondary N) is 1. The Kier molecular flexibility index (Phi) is 4.65. The second kappa shape index (κ2) is 6.92. The van der Waals surface area contributed by atoms with Gasteiger partial charge in [-0.1, -0.05) is 12.5 Å². The maximum Gasteiger partial charge on any atom is 0.224 e. The predicted molar refractivity (Wildman–Crippen MR) is 99.0 cm³/mol. The highest BCUT2D eigenvalue weighted by atomic mass is 32.1. The fraction of sp³-hybridized carbons (Fsp3) is 0.579. The lowest BCUT2D eigenvalue weighted by Crippen LogP contribution is -2.40. The molecule has 2 atom stereocenters. The highest BCUT2D eigenvalue weighted by Crippen LogP contribution is 2.50. The number of aromatic nitrogens is 2. The third kappa shape index (κ3) is 3.37. The Morgan fingerprint density at radius 1 is 1.44 bits per heavy atom. The van der Waals surface area contributed by atoms with Gasteiger partial charge in [0.25, 0.3) is 0 Å². The molecule has 6 heteroatoms. The molecule has 0 unspecified atom stereocenters. The van der Waals surface area contributed by atoms with Crippen LogP contribution in [0.1, 0.15) is 36.3 Å². The Morgan fingerprint density at radius 2 is 2.36 bits per heavy atom. The monoisotopic (exact) mass is 358 g/mol. The topological polar surface area (TPSA) is 50.2 Å². The van der Waals surface area contributed by atoms with E-state index in [9.17, 15) is 4.79 Å². The van der Waals surface area contributed by atoms with Crippen molar-refractivity contribution in [2.75, 3.05) is 13.1 Å². The van der Waals surface area contributed by atoms with Gasteiger partial charge in [0.2, 0.25) is 5.91 Å². The number of carbonyl (C=O) groups excluding carboxylic acids is 1. The summed E-state index contributed by atoms with van der Waals surface area (Å²) in [5.74, 6) is 0.428. The van der Waals surface area contributed by atoms with E-state index in [4.69, 9.17) is 0 Å². The van der Waals surface area contributed by atoms with Gasteiger partial charge >= 0.3 is 0 Å². The van der Waals surface area contributed by atoms with Crippen molar-refractivity contribution in [3.8, 4) is 0 Å². The SMILES string of the molecule is Cn1nccc1CN1CC[C@@]2(CCC[C@H]2C(=O)NCc2cccs2)C1. The molecule has 3 heterocycles. The number of rotatable bonds is 5. The lowest BCUT2D eigenvalue weighted by Gasteiger charge is -2.30. The maximum atomic E-state index is 12.8. The van der Waals surface area contributed by atoms with E-state index in [-0.39, 0.29) is 17.2 Å². The molecule has 1 N–H and O–H groups in total. The van der Waals surface area contributed by atoms with Crippen molar-refractivity contribution in [1.82, 2.24) is 20.0 Å². The second-order valence-electron chi connectivity index (χ2n) is 7.51. The van der Waals surface area contributed by atoms with Crippen molar-refractivity contribution in [2.45, 2.75) is 38.8 Å². The van der Waals surface area contributed by atoms with Crippen molar-refractivity contribution in [3.63, 3.8) is 0 Å². The van der Waals surface area contributed by atoms with Gasteiger partial charge in [0, 0.05) is 37.1 Å². The van der Waals surface area contributed by atoms with Crippen LogP contribution in [0.4, 0.5) is 0 Å². The van der Waals surface area contributed by atoms with Crippen LogP contribution in [0.5, 0.6) is 0 Å². The van der Waals surface area contributed by atoms with Crippen molar-refractivity contribution < 1.29 is 4.79 Å². The molecule has 1 saturated heterocycles. The molecule has 1 spiro atoms. The van der Waals surface area contributed by atoms with Crippen LogP contribution in [-0.4, -0.2) is 33.7 Å². The van der Waals surface area contributed by atoms with Gasteiger partial charge in [-0.2, -0.15) is 5.10 Å². The molecule has 134 valence electrons. The van der Waals surface area contributed by atoms with Gasteiger partial charge < -0.3 is 5.32 Å². The van der Waals surface area contributed by atoms with Crippen molar-refractivity contribution in [3.05, 3.63) is 40.3 Å². The quantitative estimate of drug-likeness (QED) is 0.894. The number of thiophene rings is 1. The third-order valence-corrected chi connectivity index (χ3v) is 6.89. The zero-order valence-electron chi connectivity index (χ0n) is 14.8. The van der Waals surface area contributed by atoms with E-state index in [0.717, 1.165) is 32.5 Å². The summed E-state index contributed by atoms with van der Waals surface area (Å²) in [7, 11) is 2.00. The van der Waals surface area contributed by atoms with E-state index < -0.39 is 0 Å². The molecule has 1 saturated carbocycles. The van der Waals surface area contributed by atoms with Crippen LogP contribution in [0, 0.1) is 11.3 Å². The first-order valence-corrected chi connectivity index (χ1v) is 10.0. The van der Waals surface area contributed by atoms with E-state index in [2.05, 4.69) is 32.8 Å².